The largest absolute Gasteiger partial charge is 0.493 e. The smallest absolute Gasteiger partial charge is 0.284 e. The number of carbonyl (C=O) groups excluding carboxylic acids is 2. The van der Waals surface area contributed by atoms with Gasteiger partial charge in [-0.2, -0.15) is 4.31 Å². The van der Waals surface area contributed by atoms with Crippen LogP contribution in [0.15, 0.2) is 33.8 Å². The number of nitrogens with zero attached hydrogens (tertiary/aromatic N) is 2. The van der Waals surface area contributed by atoms with Gasteiger partial charge < -0.3 is 34.6 Å². The van der Waals surface area contributed by atoms with Crippen LogP contribution in [-0.2, 0) is 14.8 Å². The molecule has 13 heteroatoms. The molecule has 186 valence electrons. The molecule has 0 saturated carbocycles. The molecule has 34 heavy (non-hydrogen) atoms. The Bertz CT molecular complexity index is 1110. The number of amides is 2. The van der Waals surface area contributed by atoms with E-state index in [0.29, 0.717) is 42.6 Å². The zero-order valence-electron chi connectivity index (χ0n) is 19.2. The van der Waals surface area contributed by atoms with E-state index in [4.69, 9.17) is 24.4 Å². The van der Waals surface area contributed by atoms with Crippen LogP contribution in [0.4, 0.5) is 5.69 Å². The topological polar surface area (TPSA) is 154 Å². The van der Waals surface area contributed by atoms with Crippen molar-refractivity contribution in [1.82, 2.24) is 9.21 Å². The zero-order chi connectivity index (χ0) is 24.9. The van der Waals surface area contributed by atoms with Crippen molar-refractivity contribution in [2.75, 3.05) is 59.4 Å². The minimum absolute atomic E-state index is 0.209. The van der Waals surface area contributed by atoms with E-state index in [1.165, 1.54) is 37.8 Å². The van der Waals surface area contributed by atoms with Gasteiger partial charge in [0.1, 0.15) is 0 Å². The molecule has 2 amide bonds. The molecule has 2 aromatic rings. The molecule has 3 N–H and O–H groups in total. The van der Waals surface area contributed by atoms with Gasteiger partial charge in [-0.05, 0) is 12.1 Å². The molecular formula is C21H28N4O8S. The lowest BCUT2D eigenvalue weighted by Gasteiger charge is -2.33. The molecule has 1 fully saturated rings. The number of rotatable bonds is 10. The highest BCUT2D eigenvalue weighted by Gasteiger charge is 2.31. The third-order valence-corrected chi connectivity index (χ3v) is 7.13. The van der Waals surface area contributed by atoms with Gasteiger partial charge in [0, 0.05) is 57.0 Å². The molecule has 1 aromatic carbocycles. The third-order valence-electron chi connectivity index (χ3n) is 5.35. The van der Waals surface area contributed by atoms with Gasteiger partial charge in [-0.1, -0.05) is 0 Å². The summed E-state index contributed by atoms with van der Waals surface area (Å²) in [4.78, 5) is 25.6. The molecule has 3 rings (SSSR count). The van der Waals surface area contributed by atoms with Gasteiger partial charge in [0.15, 0.2) is 17.3 Å². The standard InChI is InChI=1S/C21H28N4O8S/c1-30-16-12-14(13-17(31-2)20(16)32-3)23-18(26)6-7-24-8-10-25(11-9-24)34(28,29)19-5-4-15(33-19)21(22)27/h4-5,12-13H,6-11H2,1-3H3,(H2,22,27)(H,23,26). The predicted octanol–water partition coefficient (Wildman–Crippen LogP) is 0.739. The van der Waals surface area contributed by atoms with Crippen molar-refractivity contribution >= 4 is 27.5 Å². The van der Waals surface area contributed by atoms with E-state index in [1.807, 2.05) is 4.90 Å². The van der Waals surface area contributed by atoms with Crippen LogP contribution in [0.3, 0.4) is 0 Å². The van der Waals surface area contributed by atoms with Crippen LogP contribution in [0.2, 0.25) is 0 Å². The third kappa shape index (κ3) is 5.61. The summed E-state index contributed by atoms with van der Waals surface area (Å²) >= 11 is 0. The molecule has 1 aromatic heterocycles. The minimum atomic E-state index is -3.87. The van der Waals surface area contributed by atoms with E-state index in [0.717, 1.165) is 0 Å². The number of methoxy groups -OCH3 is 3. The number of furan rings is 1. The molecule has 2 heterocycles. The number of hydrogen-bond acceptors (Lipinski definition) is 9. The van der Waals surface area contributed by atoms with E-state index in [9.17, 15) is 18.0 Å². The van der Waals surface area contributed by atoms with Gasteiger partial charge in [-0.15, -0.1) is 0 Å². The van der Waals surface area contributed by atoms with Crippen molar-refractivity contribution in [3.8, 4) is 17.2 Å². The number of carbonyl (C=O) groups is 2. The maximum absolute atomic E-state index is 12.7. The number of nitrogens with two attached hydrogens (primary N) is 1. The van der Waals surface area contributed by atoms with E-state index in [-0.39, 0.29) is 36.3 Å². The lowest BCUT2D eigenvalue weighted by Crippen LogP contribution is -2.49. The highest BCUT2D eigenvalue weighted by atomic mass is 32.2. The fraction of sp³-hybridized carbons (Fsp3) is 0.429. The number of piperazine rings is 1. The van der Waals surface area contributed by atoms with Crippen LogP contribution in [0.1, 0.15) is 17.0 Å². The summed E-state index contributed by atoms with van der Waals surface area (Å²) in [6.45, 7) is 1.80. The van der Waals surface area contributed by atoms with Crippen molar-refractivity contribution in [1.29, 1.82) is 0 Å². The number of benzene rings is 1. The summed E-state index contributed by atoms with van der Waals surface area (Å²) in [5.41, 5.74) is 5.62. The van der Waals surface area contributed by atoms with E-state index < -0.39 is 15.9 Å². The van der Waals surface area contributed by atoms with E-state index in [1.54, 1.807) is 12.1 Å². The average molecular weight is 497 g/mol. The molecule has 0 bridgehead atoms. The predicted molar refractivity (Wildman–Crippen MR) is 122 cm³/mol. The number of hydrogen-bond donors (Lipinski definition) is 2. The summed E-state index contributed by atoms with van der Waals surface area (Å²) < 4.78 is 47.6. The molecule has 0 aliphatic carbocycles. The maximum Gasteiger partial charge on any atom is 0.284 e. The number of sulfonamides is 1. The van der Waals surface area contributed by atoms with Gasteiger partial charge in [-0.25, -0.2) is 8.42 Å². The second-order valence-corrected chi connectivity index (χ2v) is 9.31. The Kier molecular flexibility index (Phi) is 8.02. The first-order valence-corrected chi connectivity index (χ1v) is 11.9. The Hall–Kier alpha value is -3.29. The summed E-state index contributed by atoms with van der Waals surface area (Å²) in [7, 11) is 0.609. The summed E-state index contributed by atoms with van der Waals surface area (Å²) in [5, 5.41) is 2.49. The van der Waals surface area contributed by atoms with Gasteiger partial charge in [0.25, 0.3) is 15.9 Å². The first-order valence-electron chi connectivity index (χ1n) is 10.4. The second-order valence-electron chi connectivity index (χ2n) is 7.44. The van der Waals surface area contributed by atoms with Crippen molar-refractivity contribution in [3.05, 3.63) is 30.0 Å². The van der Waals surface area contributed by atoms with Crippen LogP contribution >= 0.6 is 0 Å². The Morgan fingerprint density at radius 2 is 1.65 bits per heavy atom. The first-order chi connectivity index (χ1) is 16.2. The van der Waals surface area contributed by atoms with Gasteiger partial charge >= 0.3 is 0 Å². The van der Waals surface area contributed by atoms with Crippen LogP contribution < -0.4 is 25.3 Å². The lowest BCUT2D eigenvalue weighted by atomic mass is 10.2. The normalized spacial score (nSPS) is 15.0. The fourth-order valence-corrected chi connectivity index (χ4v) is 4.88. The lowest BCUT2D eigenvalue weighted by molar-refractivity contribution is -0.116. The first kappa shape index (κ1) is 25.3. The monoisotopic (exact) mass is 496 g/mol. The number of ether oxygens (including phenoxy) is 3. The van der Waals surface area contributed by atoms with E-state index in [2.05, 4.69) is 5.32 Å². The fourth-order valence-electron chi connectivity index (χ4n) is 3.55. The quantitative estimate of drug-likeness (QED) is 0.485. The van der Waals surface area contributed by atoms with Crippen molar-refractivity contribution in [2.24, 2.45) is 5.73 Å². The maximum atomic E-state index is 12.7. The second kappa shape index (κ2) is 10.8. The zero-order valence-corrected chi connectivity index (χ0v) is 20.0. The molecule has 0 radical (unpaired) electrons. The molecule has 0 spiro atoms. The summed E-state index contributed by atoms with van der Waals surface area (Å²) in [6, 6.07) is 5.73. The number of anilines is 1. The average Bonchev–Trinajstić information content (AvgIpc) is 3.34. The summed E-state index contributed by atoms with van der Waals surface area (Å²) in [5.74, 6) is 0.0180. The molecule has 12 nitrogen and oxygen atoms in total. The van der Waals surface area contributed by atoms with Gasteiger partial charge in [-0.3, -0.25) is 9.59 Å². The molecule has 0 unspecified atom stereocenters. The van der Waals surface area contributed by atoms with Gasteiger partial charge in [0.05, 0.1) is 21.3 Å². The SMILES string of the molecule is COc1cc(NC(=O)CCN2CCN(S(=O)(=O)c3ccc(C(N)=O)o3)CC2)cc(OC)c1OC. The minimum Gasteiger partial charge on any atom is -0.493 e. The van der Waals surface area contributed by atoms with Crippen molar-refractivity contribution < 1.29 is 36.6 Å². The highest BCUT2D eigenvalue weighted by molar-refractivity contribution is 7.89. The molecule has 1 saturated heterocycles. The Morgan fingerprint density at radius 1 is 1.03 bits per heavy atom. The number of primary amides is 1. The van der Waals surface area contributed by atoms with Gasteiger partial charge in [0.2, 0.25) is 16.7 Å². The molecule has 1 aliphatic rings. The molecule has 0 atom stereocenters. The van der Waals surface area contributed by atoms with Crippen molar-refractivity contribution in [3.63, 3.8) is 0 Å². The van der Waals surface area contributed by atoms with Crippen LogP contribution in [0.5, 0.6) is 17.2 Å². The van der Waals surface area contributed by atoms with Crippen LogP contribution in [-0.4, -0.2) is 83.5 Å². The molecular weight excluding hydrogens is 468 g/mol. The Morgan fingerprint density at radius 3 is 2.15 bits per heavy atom. The Labute approximate surface area is 197 Å². The summed E-state index contributed by atoms with van der Waals surface area (Å²) in [6.07, 6.45) is 0.212. The van der Waals surface area contributed by atoms with Crippen LogP contribution in [0, 0.1) is 0 Å². The number of nitrogens with one attached hydrogen (secondary N) is 1. The van der Waals surface area contributed by atoms with E-state index >= 15 is 0 Å². The Balaban J connectivity index is 1.52. The van der Waals surface area contributed by atoms with Crippen molar-refractivity contribution in [2.45, 2.75) is 11.5 Å². The highest BCUT2D eigenvalue weighted by Crippen LogP contribution is 2.39. The molecule has 1 aliphatic heterocycles. The van der Waals surface area contributed by atoms with Crippen LogP contribution in [0.25, 0.3) is 0 Å².